The Hall–Kier alpha value is -1.38. The highest BCUT2D eigenvalue weighted by Gasteiger charge is 2.20. The third kappa shape index (κ3) is 2.65. The van der Waals surface area contributed by atoms with Crippen molar-refractivity contribution in [1.29, 1.82) is 0 Å². The molecule has 0 amide bonds. The summed E-state index contributed by atoms with van der Waals surface area (Å²) in [5.74, 6) is 1.64. The van der Waals surface area contributed by atoms with Gasteiger partial charge in [0.1, 0.15) is 5.75 Å². The van der Waals surface area contributed by atoms with Crippen molar-refractivity contribution in [1.82, 2.24) is 0 Å². The molecule has 0 atom stereocenters. The second kappa shape index (κ2) is 5.30. The van der Waals surface area contributed by atoms with Gasteiger partial charge >= 0.3 is 0 Å². The quantitative estimate of drug-likeness (QED) is 0.796. The van der Waals surface area contributed by atoms with Gasteiger partial charge in [-0.15, -0.1) is 0 Å². The minimum atomic E-state index is 0.653. The summed E-state index contributed by atoms with van der Waals surface area (Å²) in [5, 5.41) is 0. The molecule has 0 saturated heterocycles. The van der Waals surface area contributed by atoms with Gasteiger partial charge in [0.05, 0.1) is 18.0 Å². The second-order valence-corrected chi connectivity index (χ2v) is 4.80. The van der Waals surface area contributed by atoms with Crippen LogP contribution in [-0.4, -0.2) is 20.2 Å². The zero-order valence-corrected chi connectivity index (χ0v) is 10.8. The second-order valence-electron chi connectivity index (χ2n) is 4.80. The van der Waals surface area contributed by atoms with Gasteiger partial charge in [0.15, 0.2) is 0 Å². The first-order chi connectivity index (χ1) is 8.22. The summed E-state index contributed by atoms with van der Waals surface area (Å²) in [6.07, 6.45) is 4.10. The third-order valence-corrected chi connectivity index (χ3v) is 3.51. The van der Waals surface area contributed by atoms with Gasteiger partial charge in [-0.3, -0.25) is 0 Å². The van der Waals surface area contributed by atoms with Crippen LogP contribution in [0.1, 0.15) is 26.2 Å². The Labute approximate surface area is 104 Å². The predicted octanol–water partition coefficient (Wildman–Crippen LogP) is 2.90. The fourth-order valence-corrected chi connectivity index (χ4v) is 2.31. The van der Waals surface area contributed by atoms with Gasteiger partial charge in [-0.2, -0.15) is 0 Å². The van der Waals surface area contributed by atoms with Crippen molar-refractivity contribution in [3.63, 3.8) is 0 Å². The minimum absolute atomic E-state index is 0.653. The summed E-state index contributed by atoms with van der Waals surface area (Å²) < 4.78 is 5.52. The molecule has 0 unspecified atom stereocenters. The van der Waals surface area contributed by atoms with E-state index >= 15 is 0 Å². The van der Waals surface area contributed by atoms with Crippen LogP contribution in [0.5, 0.6) is 5.75 Å². The van der Waals surface area contributed by atoms with Crippen LogP contribution in [0.15, 0.2) is 18.2 Å². The van der Waals surface area contributed by atoms with Crippen molar-refractivity contribution in [3.8, 4) is 5.75 Å². The molecule has 1 aliphatic rings. The lowest BCUT2D eigenvalue weighted by Gasteiger charge is -2.32. The zero-order valence-electron chi connectivity index (χ0n) is 10.8. The maximum atomic E-state index is 6.14. The van der Waals surface area contributed by atoms with E-state index in [1.165, 1.54) is 19.3 Å². The third-order valence-electron chi connectivity index (χ3n) is 3.51. The first kappa shape index (κ1) is 12.1. The molecule has 1 fully saturated rings. The number of ether oxygens (including phenoxy) is 1. The van der Waals surface area contributed by atoms with Crippen molar-refractivity contribution in [2.75, 3.05) is 30.8 Å². The lowest BCUT2D eigenvalue weighted by Crippen LogP contribution is -2.29. The number of nitrogens with two attached hydrogens (primary N) is 1. The zero-order chi connectivity index (χ0) is 12.3. The Bertz CT molecular complexity index is 374. The monoisotopic (exact) mass is 234 g/mol. The van der Waals surface area contributed by atoms with Gasteiger partial charge < -0.3 is 15.4 Å². The molecule has 1 saturated carbocycles. The highest BCUT2D eigenvalue weighted by Crippen LogP contribution is 2.34. The first-order valence-electron chi connectivity index (χ1n) is 6.44. The Kier molecular flexibility index (Phi) is 3.77. The van der Waals surface area contributed by atoms with E-state index in [9.17, 15) is 0 Å². The highest BCUT2D eigenvalue weighted by molar-refractivity contribution is 5.73. The number of para-hydroxylation sites is 1. The van der Waals surface area contributed by atoms with Crippen LogP contribution in [0, 0.1) is 5.92 Å². The van der Waals surface area contributed by atoms with Gasteiger partial charge in [-0.05, 0) is 37.8 Å². The van der Waals surface area contributed by atoms with Crippen molar-refractivity contribution >= 4 is 11.4 Å². The van der Waals surface area contributed by atoms with E-state index in [1.54, 1.807) is 0 Å². The van der Waals surface area contributed by atoms with Gasteiger partial charge in [0, 0.05) is 13.6 Å². The van der Waals surface area contributed by atoms with Crippen LogP contribution in [0.25, 0.3) is 0 Å². The van der Waals surface area contributed by atoms with Crippen molar-refractivity contribution in [2.24, 2.45) is 5.92 Å². The van der Waals surface area contributed by atoms with Gasteiger partial charge in [0.25, 0.3) is 0 Å². The fourth-order valence-electron chi connectivity index (χ4n) is 2.31. The van der Waals surface area contributed by atoms with Crippen LogP contribution in [-0.2, 0) is 0 Å². The molecule has 1 aliphatic carbocycles. The molecule has 3 nitrogen and oxygen atoms in total. The molecular weight excluding hydrogens is 212 g/mol. The lowest BCUT2D eigenvalue weighted by atomic mass is 9.85. The Balaban J connectivity index is 2.10. The van der Waals surface area contributed by atoms with E-state index in [0.717, 1.165) is 29.6 Å². The predicted molar refractivity (Wildman–Crippen MR) is 72.6 cm³/mol. The van der Waals surface area contributed by atoms with Crippen LogP contribution in [0.2, 0.25) is 0 Å². The number of nitrogen functional groups attached to an aromatic ring is 1. The maximum Gasteiger partial charge on any atom is 0.144 e. The van der Waals surface area contributed by atoms with Crippen molar-refractivity contribution in [3.05, 3.63) is 18.2 Å². The summed E-state index contributed by atoms with van der Waals surface area (Å²) in [4.78, 5) is 2.25. The summed E-state index contributed by atoms with van der Waals surface area (Å²) in [5.41, 5.74) is 7.99. The SMILES string of the molecule is CCOc1cccc(N(C)CC2CCC2)c1N. The molecule has 3 heteroatoms. The van der Waals surface area contributed by atoms with Crippen LogP contribution in [0.4, 0.5) is 11.4 Å². The maximum absolute atomic E-state index is 6.14. The van der Waals surface area contributed by atoms with E-state index in [1.807, 2.05) is 19.1 Å². The van der Waals surface area contributed by atoms with Crippen LogP contribution >= 0.6 is 0 Å². The summed E-state index contributed by atoms with van der Waals surface area (Å²) >= 11 is 0. The molecule has 2 rings (SSSR count). The van der Waals surface area contributed by atoms with Crippen molar-refractivity contribution < 1.29 is 4.74 Å². The van der Waals surface area contributed by atoms with Gasteiger partial charge in [-0.1, -0.05) is 12.5 Å². The number of rotatable bonds is 5. The average Bonchev–Trinajstić information content (AvgIpc) is 2.26. The number of nitrogens with zero attached hydrogens (tertiary/aromatic N) is 1. The Morgan fingerprint density at radius 3 is 2.76 bits per heavy atom. The first-order valence-corrected chi connectivity index (χ1v) is 6.44. The number of benzene rings is 1. The van der Waals surface area contributed by atoms with E-state index in [0.29, 0.717) is 6.61 Å². The van der Waals surface area contributed by atoms with Crippen LogP contribution < -0.4 is 15.4 Å². The molecule has 1 aromatic carbocycles. The van der Waals surface area contributed by atoms with Gasteiger partial charge in [0.2, 0.25) is 0 Å². The summed E-state index contributed by atoms with van der Waals surface area (Å²) in [7, 11) is 2.11. The summed E-state index contributed by atoms with van der Waals surface area (Å²) in [6.45, 7) is 3.73. The number of anilines is 2. The standard InChI is InChI=1S/C14H22N2O/c1-3-17-13-9-5-8-12(14(13)15)16(2)10-11-6-4-7-11/h5,8-9,11H,3-4,6-7,10,15H2,1-2H3. The Morgan fingerprint density at radius 2 is 2.18 bits per heavy atom. The molecule has 0 heterocycles. The molecule has 1 aromatic rings. The molecule has 2 N–H and O–H groups in total. The molecule has 0 bridgehead atoms. The van der Waals surface area contributed by atoms with E-state index < -0.39 is 0 Å². The fraction of sp³-hybridized carbons (Fsp3) is 0.571. The molecular formula is C14H22N2O. The molecule has 0 aliphatic heterocycles. The smallest absolute Gasteiger partial charge is 0.144 e. The Morgan fingerprint density at radius 1 is 1.41 bits per heavy atom. The lowest BCUT2D eigenvalue weighted by molar-refractivity contribution is 0.321. The molecule has 0 radical (unpaired) electrons. The van der Waals surface area contributed by atoms with E-state index in [2.05, 4.69) is 18.0 Å². The molecule has 0 spiro atoms. The highest BCUT2D eigenvalue weighted by atomic mass is 16.5. The largest absolute Gasteiger partial charge is 0.492 e. The average molecular weight is 234 g/mol. The van der Waals surface area contributed by atoms with Crippen molar-refractivity contribution in [2.45, 2.75) is 26.2 Å². The molecule has 0 aromatic heterocycles. The van der Waals surface area contributed by atoms with Gasteiger partial charge in [-0.25, -0.2) is 0 Å². The summed E-state index contributed by atoms with van der Waals surface area (Å²) in [6, 6.07) is 6.00. The molecule has 94 valence electrons. The molecule has 17 heavy (non-hydrogen) atoms. The number of hydrogen-bond acceptors (Lipinski definition) is 3. The minimum Gasteiger partial charge on any atom is -0.492 e. The van der Waals surface area contributed by atoms with E-state index in [-0.39, 0.29) is 0 Å². The number of hydrogen-bond donors (Lipinski definition) is 1. The normalized spacial score (nSPS) is 15.4. The topological polar surface area (TPSA) is 38.5 Å². The van der Waals surface area contributed by atoms with Crippen LogP contribution in [0.3, 0.4) is 0 Å². The van der Waals surface area contributed by atoms with E-state index in [4.69, 9.17) is 10.5 Å².